The van der Waals surface area contributed by atoms with Crippen molar-refractivity contribution in [2.45, 2.75) is 72.1 Å². The van der Waals surface area contributed by atoms with Gasteiger partial charge in [0.05, 0.1) is 16.9 Å². The van der Waals surface area contributed by atoms with Crippen molar-refractivity contribution < 1.29 is 28.6 Å². The lowest BCUT2D eigenvalue weighted by Crippen LogP contribution is -2.39. The molecule has 0 aliphatic carbocycles. The van der Waals surface area contributed by atoms with Gasteiger partial charge in [-0.25, -0.2) is 9.59 Å². The van der Waals surface area contributed by atoms with Crippen LogP contribution in [0.4, 0.5) is 9.59 Å². The minimum atomic E-state index is -0.876. The summed E-state index contributed by atoms with van der Waals surface area (Å²) in [5, 5.41) is 7.94. The van der Waals surface area contributed by atoms with Gasteiger partial charge in [0.1, 0.15) is 23.0 Å². The number of nitrogens with zero attached hydrogens (tertiary/aromatic N) is 4. The topological polar surface area (TPSA) is 146 Å². The average molecular weight is 548 g/mol. The molecule has 0 atom stereocenters. The molecule has 13 heteroatoms. The second kappa shape index (κ2) is 11.8. The predicted octanol–water partition coefficient (Wildman–Crippen LogP) is 3.72. The molecular formula is C25H33N5O7S. The Hall–Kier alpha value is -3.74. The quantitative estimate of drug-likeness (QED) is 0.241. The summed E-state index contributed by atoms with van der Waals surface area (Å²) in [5.74, 6) is 0.178. The molecule has 2 heterocycles. The van der Waals surface area contributed by atoms with Crippen molar-refractivity contribution in [1.82, 2.24) is 24.9 Å². The molecule has 0 aliphatic rings. The zero-order chi connectivity index (χ0) is 28.1. The number of hydrogen-bond acceptors (Lipinski definition) is 10. The summed E-state index contributed by atoms with van der Waals surface area (Å²) in [7, 11) is 0. The van der Waals surface area contributed by atoms with Crippen molar-refractivity contribution in [2.75, 3.05) is 13.1 Å². The van der Waals surface area contributed by atoms with E-state index in [4.69, 9.17) is 14.2 Å². The molecule has 38 heavy (non-hydrogen) atoms. The zero-order valence-corrected chi connectivity index (χ0v) is 23.2. The van der Waals surface area contributed by atoms with Gasteiger partial charge in [-0.3, -0.25) is 9.48 Å². The monoisotopic (exact) mass is 547 g/mol. The fraction of sp³-hybridized carbons (Fsp3) is 0.520. The van der Waals surface area contributed by atoms with Gasteiger partial charge in [0, 0.05) is 25.7 Å². The van der Waals surface area contributed by atoms with Gasteiger partial charge in [-0.1, -0.05) is 22.6 Å². The van der Waals surface area contributed by atoms with Crippen LogP contribution >= 0.6 is 11.3 Å². The third-order valence-electron chi connectivity index (χ3n) is 4.99. The summed E-state index contributed by atoms with van der Waals surface area (Å²) in [4.78, 5) is 52.0. The molecule has 1 amide bonds. The third kappa shape index (κ3) is 8.40. The molecular weight excluding hydrogens is 514 g/mol. The number of aromatic nitrogens is 4. The Labute approximate surface area is 223 Å². The van der Waals surface area contributed by atoms with Crippen LogP contribution in [0.15, 0.2) is 23.1 Å². The van der Waals surface area contributed by atoms with Crippen LogP contribution < -0.4 is 9.61 Å². The molecule has 0 radical (unpaired) electrons. The molecule has 1 N–H and O–H groups in total. The smallest absolute Gasteiger partial charge is 0.444 e. The summed E-state index contributed by atoms with van der Waals surface area (Å²) in [6.45, 7) is 11.5. The van der Waals surface area contributed by atoms with Crippen LogP contribution in [0.3, 0.4) is 0 Å². The number of carbonyl (C=O) groups is 3. The van der Waals surface area contributed by atoms with Gasteiger partial charge in [-0.2, -0.15) is 0 Å². The fourth-order valence-corrected chi connectivity index (χ4v) is 4.33. The van der Waals surface area contributed by atoms with Crippen LogP contribution in [-0.4, -0.2) is 67.7 Å². The average Bonchev–Trinajstić information content (AvgIpc) is 3.38. The van der Waals surface area contributed by atoms with Crippen LogP contribution in [0, 0.1) is 0 Å². The SMILES string of the molecule is CC(C)(C)OC(=O)Oc1ccc(CCN(CCn2cc(CC=O)nn2)C(=O)OC(C)(C)C)c2sc(=O)[nH]c12. The Kier molecular flexibility index (Phi) is 8.92. The maximum Gasteiger partial charge on any atom is 0.514 e. The maximum atomic E-state index is 13.0. The van der Waals surface area contributed by atoms with Crippen molar-refractivity contribution in [2.24, 2.45) is 0 Å². The third-order valence-corrected chi connectivity index (χ3v) is 5.94. The molecule has 1 aromatic carbocycles. The largest absolute Gasteiger partial charge is 0.514 e. The highest BCUT2D eigenvalue weighted by Crippen LogP contribution is 2.30. The molecule has 0 aliphatic heterocycles. The first-order chi connectivity index (χ1) is 17.7. The Balaban J connectivity index is 1.78. The molecule has 3 aromatic rings. The summed E-state index contributed by atoms with van der Waals surface area (Å²) < 4.78 is 18.3. The first-order valence-corrected chi connectivity index (χ1v) is 12.9. The number of ether oxygens (including phenoxy) is 3. The van der Waals surface area contributed by atoms with Crippen molar-refractivity contribution in [3.63, 3.8) is 0 Å². The van der Waals surface area contributed by atoms with E-state index < -0.39 is 23.5 Å². The highest BCUT2D eigenvalue weighted by atomic mass is 32.1. The van der Waals surface area contributed by atoms with E-state index in [0.717, 1.165) is 23.2 Å². The van der Waals surface area contributed by atoms with Crippen LogP contribution in [0.2, 0.25) is 0 Å². The second-order valence-corrected chi connectivity index (χ2v) is 11.6. The van der Waals surface area contributed by atoms with E-state index in [1.54, 1.807) is 69.5 Å². The number of thiazole rings is 1. The molecule has 0 saturated carbocycles. The highest BCUT2D eigenvalue weighted by molar-refractivity contribution is 7.16. The summed E-state index contributed by atoms with van der Waals surface area (Å²) in [6.07, 6.45) is 1.61. The number of nitrogens with one attached hydrogen (secondary N) is 1. The van der Waals surface area contributed by atoms with Gasteiger partial charge >= 0.3 is 17.1 Å². The Morgan fingerprint density at radius 2 is 1.82 bits per heavy atom. The summed E-state index contributed by atoms with van der Waals surface area (Å²) in [5.41, 5.74) is 0.307. The van der Waals surface area contributed by atoms with Gasteiger partial charge in [0.25, 0.3) is 0 Å². The second-order valence-electron chi connectivity index (χ2n) is 10.6. The number of aromatic amines is 1. The number of benzene rings is 1. The molecule has 0 saturated heterocycles. The van der Waals surface area contributed by atoms with E-state index in [-0.39, 0.29) is 30.1 Å². The molecule has 12 nitrogen and oxygen atoms in total. The van der Waals surface area contributed by atoms with Crippen molar-refractivity contribution >= 4 is 40.1 Å². The number of amides is 1. The Morgan fingerprint density at radius 3 is 2.47 bits per heavy atom. The van der Waals surface area contributed by atoms with Crippen LogP contribution in [0.1, 0.15) is 52.8 Å². The highest BCUT2D eigenvalue weighted by Gasteiger charge is 2.24. The van der Waals surface area contributed by atoms with Gasteiger partial charge < -0.3 is 28.9 Å². The van der Waals surface area contributed by atoms with E-state index in [1.807, 2.05) is 0 Å². The molecule has 2 aromatic heterocycles. The standard InChI is InChI=1S/C25H33N5O7S/c1-24(2,3)36-22(33)29(12-13-30-15-17(10-14-31)27-28-30)11-9-16-7-8-18(19-20(16)38-21(32)26-19)35-23(34)37-25(4,5)6/h7-8,14-15H,9-13H2,1-6H3,(H,26,32). The van der Waals surface area contributed by atoms with Crippen LogP contribution in [0.25, 0.3) is 10.2 Å². The molecule has 206 valence electrons. The molecule has 0 spiro atoms. The van der Waals surface area contributed by atoms with Crippen LogP contribution in [-0.2, 0) is 33.7 Å². The lowest BCUT2D eigenvalue weighted by Gasteiger charge is -2.27. The Morgan fingerprint density at radius 1 is 1.11 bits per heavy atom. The van der Waals surface area contributed by atoms with E-state index in [2.05, 4.69) is 15.3 Å². The first kappa shape index (κ1) is 28.8. The molecule has 0 unspecified atom stereocenters. The van der Waals surface area contributed by atoms with Gasteiger partial charge in [-0.05, 0) is 59.6 Å². The van der Waals surface area contributed by atoms with Crippen molar-refractivity contribution in [3.8, 4) is 5.75 Å². The minimum Gasteiger partial charge on any atom is -0.444 e. The first-order valence-electron chi connectivity index (χ1n) is 12.1. The number of fused-ring (bicyclic) bond motifs is 1. The zero-order valence-electron chi connectivity index (χ0n) is 22.4. The number of aldehydes is 1. The number of H-pyrrole nitrogens is 1. The molecule has 0 fully saturated rings. The molecule has 3 rings (SSSR count). The minimum absolute atomic E-state index is 0.166. The van der Waals surface area contributed by atoms with Gasteiger partial charge in [0.15, 0.2) is 5.75 Å². The fourth-order valence-electron chi connectivity index (χ4n) is 3.43. The van der Waals surface area contributed by atoms with E-state index >= 15 is 0 Å². The lowest BCUT2D eigenvalue weighted by molar-refractivity contribution is -0.107. The van der Waals surface area contributed by atoms with Crippen molar-refractivity contribution in [1.29, 1.82) is 0 Å². The van der Waals surface area contributed by atoms with E-state index in [0.29, 0.717) is 28.9 Å². The van der Waals surface area contributed by atoms with E-state index in [9.17, 15) is 19.2 Å². The summed E-state index contributed by atoms with van der Waals surface area (Å²) in [6, 6.07) is 3.34. The van der Waals surface area contributed by atoms with Crippen LogP contribution in [0.5, 0.6) is 5.75 Å². The van der Waals surface area contributed by atoms with Crippen molar-refractivity contribution in [3.05, 3.63) is 39.3 Å². The predicted molar refractivity (Wildman–Crippen MR) is 141 cm³/mol. The number of rotatable bonds is 9. The van der Waals surface area contributed by atoms with Gasteiger partial charge in [0.2, 0.25) is 0 Å². The molecule has 0 bridgehead atoms. The maximum absolute atomic E-state index is 13.0. The Bertz CT molecular complexity index is 1350. The normalized spacial score (nSPS) is 11.8. The number of hydrogen-bond donors (Lipinski definition) is 1. The van der Waals surface area contributed by atoms with Gasteiger partial charge in [-0.15, -0.1) is 5.10 Å². The van der Waals surface area contributed by atoms with E-state index in [1.165, 1.54) is 0 Å². The lowest BCUT2D eigenvalue weighted by atomic mass is 10.1. The number of carbonyl (C=O) groups excluding carboxylic acids is 3. The summed E-state index contributed by atoms with van der Waals surface area (Å²) >= 11 is 0.992.